The normalized spacial score (nSPS) is 17.2. The van der Waals surface area contributed by atoms with Gasteiger partial charge in [0.1, 0.15) is 10.6 Å². The molecule has 0 amide bonds. The largest absolute Gasteiger partial charge is 0.353 e. The predicted molar refractivity (Wildman–Crippen MR) is 119 cm³/mol. The van der Waals surface area contributed by atoms with Crippen LogP contribution in [0.2, 0.25) is 0 Å². The van der Waals surface area contributed by atoms with E-state index >= 15 is 0 Å². The molecule has 4 aromatic rings. The highest BCUT2D eigenvalue weighted by Gasteiger charge is 2.24. The summed E-state index contributed by atoms with van der Waals surface area (Å²) in [6, 6.07) is 23.7. The van der Waals surface area contributed by atoms with Gasteiger partial charge >= 0.3 is 0 Å². The molecule has 1 atom stereocenters. The van der Waals surface area contributed by atoms with E-state index in [1.54, 1.807) is 11.3 Å². The molecular weight excluding hydrogens is 362 g/mol. The molecular formula is C24H23N3S. The van der Waals surface area contributed by atoms with Crippen molar-refractivity contribution in [1.82, 2.24) is 9.97 Å². The Morgan fingerprint density at radius 2 is 1.61 bits per heavy atom. The number of aromatic nitrogens is 2. The molecule has 1 saturated heterocycles. The molecule has 0 aliphatic carbocycles. The highest BCUT2D eigenvalue weighted by molar-refractivity contribution is 7.22. The van der Waals surface area contributed by atoms with Crippen LogP contribution in [0.4, 0.5) is 5.82 Å². The lowest BCUT2D eigenvalue weighted by atomic mass is 10.0. The van der Waals surface area contributed by atoms with E-state index in [1.807, 2.05) is 6.07 Å². The van der Waals surface area contributed by atoms with E-state index in [-0.39, 0.29) is 0 Å². The lowest BCUT2D eigenvalue weighted by Crippen LogP contribution is -2.38. The Kier molecular flexibility index (Phi) is 4.57. The molecule has 0 radical (unpaired) electrons. The molecule has 5 rings (SSSR count). The number of fused-ring (bicyclic) bond motifs is 1. The number of nitrogens with zero attached hydrogens (tertiary/aromatic N) is 3. The Balaban J connectivity index is 1.71. The summed E-state index contributed by atoms with van der Waals surface area (Å²) in [6.45, 7) is 3.39. The minimum Gasteiger partial charge on any atom is -0.353 e. The van der Waals surface area contributed by atoms with Gasteiger partial charge in [-0.15, -0.1) is 11.3 Å². The van der Waals surface area contributed by atoms with Crippen molar-refractivity contribution in [2.45, 2.75) is 32.2 Å². The van der Waals surface area contributed by atoms with E-state index in [9.17, 15) is 0 Å². The van der Waals surface area contributed by atoms with Crippen LogP contribution in [-0.2, 0) is 0 Å². The summed E-state index contributed by atoms with van der Waals surface area (Å²) >= 11 is 1.76. The summed E-state index contributed by atoms with van der Waals surface area (Å²) in [5.41, 5.74) is 2.31. The zero-order valence-corrected chi connectivity index (χ0v) is 16.8. The Bertz CT molecular complexity index is 1090. The van der Waals surface area contributed by atoms with Crippen LogP contribution in [0.5, 0.6) is 0 Å². The average molecular weight is 386 g/mol. The number of thiophene rings is 1. The number of anilines is 1. The lowest BCUT2D eigenvalue weighted by molar-refractivity contribution is 0.482. The maximum absolute atomic E-state index is 5.07. The van der Waals surface area contributed by atoms with Crippen molar-refractivity contribution < 1.29 is 0 Å². The maximum Gasteiger partial charge on any atom is 0.163 e. The van der Waals surface area contributed by atoms with E-state index in [0.717, 1.165) is 28.6 Å². The molecule has 3 nitrogen and oxygen atoms in total. The monoisotopic (exact) mass is 385 g/mol. The minimum absolute atomic E-state index is 0.510. The standard InChI is InChI=1S/C24H23N3S/c1-17-10-8-9-15-27(17)23-20-16-21(18-11-4-2-5-12-18)28-24(20)26-22(25-23)19-13-6-3-7-14-19/h2-7,11-14,16-17H,8-10,15H2,1H3/t17-/m0/s1. The van der Waals surface area contributed by atoms with Crippen LogP contribution in [0.3, 0.4) is 0 Å². The molecule has 140 valence electrons. The van der Waals surface area contributed by atoms with Crippen LogP contribution >= 0.6 is 11.3 Å². The number of benzene rings is 2. The molecule has 1 aliphatic heterocycles. The Morgan fingerprint density at radius 3 is 2.32 bits per heavy atom. The number of hydrogen-bond donors (Lipinski definition) is 0. The molecule has 0 N–H and O–H groups in total. The topological polar surface area (TPSA) is 29.0 Å². The molecule has 2 aromatic heterocycles. The van der Waals surface area contributed by atoms with Crippen LogP contribution in [0.1, 0.15) is 26.2 Å². The molecule has 4 heteroatoms. The van der Waals surface area contributed by atoms with Gasteiger partial charge in [-0.05, 0) is 37.8 Å². The number of piperidine rings is 1. The van der Waals surface area contributed by atoms with Gasteiger partial charge in [0.05, 0.1) is 5.39 Å². The third kappa shape index (κ3) is 3.18. The fraction of sp³-hybridized carbons (Fsp3) is 0.250. The van der Waals surface area contributed by atoms with Crippen molar-refractivity contribution >= 4 is 27.4 Å². The average Bonchev–Trinajstić information content (AvgIpc) is 3.19. The summed E-state index contributed by atoms with van der Waals surface area (Å²) in [5.74, 6) is 1.91. The highest BCUT2D eigenvalue weighted by Crippen LogP contribution is 2.39. The smallest absolute Gasteiger partial charge is 0.163 e. The quantitative estimate of drug-likeness (QED) is 0.408. The third-order valence-electron chi connectivity index (χ3n) is 5.54. The van der Waals surface area contributed by atoms with Crippen molar-refractivity contribution in [2.24, 2.45) is 0 Å². The predicted octanol–water partition coefficient (Wildman–Crippen LogP) is 6.40. The molecule has 28 heavy (non-hydrogen) atoms. The van der Waals surface area contributed by atoms with Crippen LogP contribution < -0.4 is 4.90 Å². The first-order valence-corrected chi connectivity index (χ1v) is 10.8. The van der Waals surface area contributed by atoms with Gasteiger partial charge in [0, 0.05) is 23.0 Å². The molecule has 1 aliphatic rings. The zero-order valence-electron chi connectivity index (χ0n) is 16.0. The van der Waals surface area contributed by atoms with Gasteiger partial charge in [0.25, 0.3) is 0 Å². The van der Waals surface area contributed by atoms with Gasteiger partial charge in [-0.3, -0.25) is 0 Å². The van der Waals surface area contributed by atoms with Crippen LogP contribution in [0, 0.1) is 0 Å². The van der Waals surface area contributed by atoms with Crippen molar-refractivity contribution in [3.63, 3.8) is 0 Å². The minimum atomic E-state index is 0.510. The summed E-state index contributed by atoms with van der Waals surface area (Å²) in [7, 11) is 0. The first-order chi connectivity index (χ1) is 13.8. The van der Waals surface area contributed by atoms with Crippen LogP contribution in [0.25, 0.3) is 32.0 Å². The Morgan fingerprint density at radius 1 is 0.893 bits per heavy atom. The SMILES string of the molecule is C[C@H]1CCCCN1c1nc(-c2ccccc2)nc2sc(-c3ccccc3)cc12. The van der Waals surface area contributed by atoms with Crippen molar-refractivity contribution in [1.29, 1.82) is 0 Å². The van der Waals surface area contributed by atoms with Crippen LogP contribution in [0.15, 0.2) is 66.7 Å². The molecule has 1 fully saturated rings. The summed E-state index contributed by atoms with van der Waals surface area (Å²) in [6.07, 6.45) is 3.75. The second-order valence-corrected chi connectivity index (χ2v) is 8.50. The fourth-order valence-electron chi connectivity index (χ4n) is 4.00. The molecule has 0 unspecified atom stereocenters. The first-order valence-electron chi connectivity index (χ1n) is 9.99. The second-order valence-electron chi connectivity index (χ2n) is 7.47. The molecule has 2 aromatic carbocycles. The molecule has 0 saturated carbocycles. The maximum atomic E-state index is 5.07. The van der Waals surface area contributed by atoms with Crippen molar-refractivity contribution in [3.8, 4) is 21.8 Å². The molecule has 3 heterocycles. The Labute approximate surface area is 169 Å². The van der Waals surface area contributed by atoms with E-state index in [4.69, 9.17) is 9.97 Å². The zero-order chi connectivity index (χ0) is 18.9. The summed E-state index contributed by atoms with van der Waals surface area (Å²) in [4.78, 5) is 14.8. The van der Waals surface area contributed by atoms with E-state index in [1.165, 1.54) is 35.1 Å². The Hall–Kier alpha value is -2.72. The van der Waals surface area contributed by atoms with E-state index in [2.05, 4.69) is 72.5 Å². The van der Waals surface area contributed by atoms with Gasteiger partial charge in [-0.2, -0.15) is 0 Å². The lowest BCUT2D eigenvalue weighted by Gasteiger charge is -2.34. The summed E-state index contributed by atoms with van der Waals surface area (Å²) in [5, 5.41) is 1.18. The third-order valence-corrected chi connectivity index (χ3v) is 6.62. The van der Waals surface area contributed by atoms with Gasteiger partial charge in [-0.25, -0.2) is 9.97 Å². The number of rotatable bonds is 3. The molecule has 0 spiro atoms. The molecule has 0 bridgehead atoms. The second kappa shape index (κ2) is 7.36. The first kappa shape index (κ1) is 17.4. The van der Waals surface area contributed by atoms with Crippen LogP contribution in [-0.4, -0.2) is 22.6 Å². The van der Waals surface area contributed by atoms with Crippen molar-refractivity contribution in [3.05, 3.63) is 66.7 Å². The summed E-state index contributed by atoms with van der Waals surface area (Å²) < 4.78 is 0. The van der Waals surface area contributed by atoms with E-state index < -0.39 is 0 Å². The van der Waals surface area contributed by atoms with Gasteiger partial charge < -0.3 is 4.90 Å². The van der Waals surface area contributed by atoms with Gasteiger partial charge in [-0.1, -0.05) is 60.7 Å². The highest BCUT2D eigenvalue weighted by atomic mass is 32.1. The van der Waals surface area contributed by atoms with Gasteiger partial charge in [0.15, 0.2) is 5.82 Å². The van der Waals surface area contributed by atoms with E-state index in [0.29, 0.717) is 6.04 Å². The van der Waals surface area contributed by atoms with Gasteiger partial charge in [0.2, 0.25) is 0 Å². The number of hydrogen-bond acceptors (Lipinski definition) is 4. The fourth-order valence-corrected chi connectivity index (χ4v) is 5.03. The van der Waals surface area contributed by atoms with Crippen molar-refractivity contribution in [2.75, 3.05) is 11.4 Å².